The highest BCUT2D eigenvalue weighted by molar-refractivity contribution is 5.93. The van der Waals surface area contributed by atoms with Gasteiger partial charge in [0.15, 0.2) is 5.78 Å². The molecule has 1 saturated heterocycles. The summed E-state index contributed by atoms with van der Waals surface area (Å²) in [7, 11) is 0. The lowest BCUT2D eigenvalue weighted by Gasteiger charge is -2.17. The molecular weight excluding hydrogens is 216 g/mol. The van der Waals surface area contributed by atoms with E-state index in [1.54, 1.807) is 6.92 Å². The average Bonchev–Trinajstić information content (AvgIpc) is 2.84. The molecule has 0 bridgehead atoms. The lowest BCUT2D eigenvalue weighted by Crippen LogP contribution is -2.40. The monoisotopic (exact) mass is 233 g/mol. The topological polar surface area (TPSA) is 55.6 Å². The Hall–Kier alpha value is -0.550. The second-order valence-electron chi connectivity index (χ2n) is 5.19. The van der Waals surface area contributed by atoms with E-state index in [4.69, 9.17) is 10.5 Å². The molecule has 5 heteroatoms. The molecule has 0 aromatic rings. The van der Waals surface area contributed by atoms with Crippen molar-refractivity contribution in [3.05, 3.63) is 0 Å². The summed E-state index contributed by atoms with van der Waals surface area (Å²) < 4.78 is 30.9. The number of rotatable bonds is 4. The molecule has 16 heavy (non-hydrogen) atoms. The van der Waals surface area contributed by atoms with E-state index in [2.05, 4.69) is 0 Å². The van der Waals surface area contributed by atoms with Gasteiger partial charge in [0.1, 0.15) is 5.60 Å². The molecule has 3 nitrogen and oxygen atoms in total. The van der Waals surface area contributed by atoms with Crippen molar-refractivity contribution in [2.24, 2.45) is 11.7 Å². The highest BCUT2D eigenvalue weighted by atomic mass is 19.3. The second kappa shape index (κ2) is 3.74. The molecule has 3 atom stereocenters. The Kier molecular flexibility index (Phi) is 2.78. The summed E-state index contributed by atoms with van der Waals surface area (Å²) in [6.45, 7) is 2.10. The standard InChI is InChI=1S/C11H17F2NO2/c1-10(6-16-10)9(15)8(14)4-7-2-3-11(12,13)5-7/h7-8H,2-6,14H2,1H3. The first-order valence-corrected chi connectivity index (χ1v) is 5.64. The van der Waals surface area contributed by atoms with E-state index < -0.39 is 17.6 Å². The first kappa shape index (κ1) is 11.9. The van der Waals surface area contributed by atoms with Crippen molar-refractivity contribution in [2.45, 2.75) is 50.2 Å². The number of alkyl halides is 2. The molecule has 0 spiro atoms. The van der Waals surface area contributed by atoms with Crippen molar-refractivity contribution in [1.82, 2.24) is 0 Å². The Morgan fingerprint density at radius 1 is 1.62 bits per heavy atom. The van der Waals surface area contributed by atoms with E-state index in [-0.39, 0.29) is 24.5 Å². The smallest absolute Gasteiger partial charge is 0.248 e. The fourth-order valence-corrected chi connectivity index (χ4v) is 2.35. The van der Waals surface area contributed by atoms with Crippen LogP contribution < -0.4 is 5.73 Å². The summed E-state index contributed by atoms with van der Waals surface area (Å²) in [6.07, 6.45) is 0.608. The van der Waals surface area contributed by atoms with Gasteiger partial charge in [-0.3, -0.25) is 4.79 Å². The number of epoxide rings is 1. The van der Waals surface area contributed by atoms with Crippen LogP contribution in [0.2, 0.25) is 0 Å². The second-order valence-corrected chi connectivity index (χ2v) is 5.19. The summed E-state index contributed by atoms with van der Waals surface area (Å²) >= 11 is 0. The van der Waals surface area contributed by atoms with Gasteiger partial charge in [0.25, 0.3) is 0 Å². The Labute approximate surface area is 93.3 Å². The van der Waals surface area contributed by atoms with E-state index in [1.165, 1.54) is 0 Å². The van der Waals surface area contributed by atoms with E-state index in [0.717, 1.165) is 0 Å². The molecule has 2 aliphatic rings. The zero-order valence-corrected chi connectivity index (χ0v) is 9.34. The average molecular weight is 233 g/mol. The zero-order chi connectivity index (χ0) is 12.0. The first-order chi connectivity index (χ1) is 7.32. The molecule has 3 unspecified atom stereocenters. The molecule has 0 radical (unpaired) electrons. The molecule has 2 fully saturated rings. The summed E-state index contributed by atoms with van der Waals surface area (Å²) in [5, 5.41) is 0. The molecule has 2 N–H and O–H groups in total. The highest BCUT2D eigenvalue weighted by Crippen LogP contribution is 2.41. The van der Waals surface area contributed by atoms with Crippen LogP contribution in [0.25, 0.3) is 0 Å². The van der Waals surface area contributed by atoms with Crippen molar-refractivity contribution in [3.8, 4) is 0 Å². The maximum atomic E-state index is 12.9. The van der Waals surface area contributed by atoms with Gasteiger partial charge in [-0.25, -0.2) is 8.78 Å². The first-order valence-electron chi connectivity index (χ1n) is 5.64. The van der Waals surface area contributed by atoms with Gasteiger partial charge in [-0.1, -0.05) is 0 Å². The van der Waals surface area contributed by atoms with Crippen LogP contribution in [0.5, 0.6) is 0 Å². The number of halogens is 2. The van der Waals surface area contributed by atoms with Gasteiger partial charge < -0.3 is 10.5 Å². The number of Topliss-reactive ketones (excluding diaryl/α,β-unsaturated/α-hetero) is 1. The fraction of sp³-hybridized carbons (Fsp3) is 0.909. The number of carbonyl (C=O) groups excluding carboxylic acids is 1. The molecule has 0 amide bonds. The van der Waals surface area contributed by atoms with Crippen LogP contribution in [-0.2, 0) is 9.53 Å². The van der Waals surface area contributed by atoms with Gasteiger partial charge in [-0.2, -0.15) is 0 Å². The Balaban J connectivity index is 1.84. The van der Waals surface area contributed by atoms with Gasteiger partial charge in [0.05, 0.1) is 12.6 Å². The lowest BCUT2D eigenvalue weighted by atomic mass is 9.91. The third-order valence-electron chi connectivity index (χ3n) is 3.53. The van der Waals surface area contributed by atoms with Crippen LogP contribution in [-0.4, -0.2) is 30.0 Å². The van der Waals surface area contributed by atoms with E-state index in [9.17, 15) is 13.6 Å². The Bertz CT molecular complexity index is 302. The zero-order valence-electron chi connectivity index (χ0n) is 9.34. The van der Waals surface area contributed by atoms with Crippen molar-refractivity contribution in [3.63, 3.8) is 0 Å². The van der Waals surface area contributed by atoms with Crippen LogP contribution in [0.4, 0.5) is 8.78 Å². The minimum absolute atomic E-state index is 0.0770. The number of carbonyl (C=O) groups is 1. The molecule has 0 aromatic carbocycles. The summed E-state index contributed by atoms with van der Waals surface area (Å²) in [5.74, 6) is -2.84. The predicted octanol–water partition coefficient (Wildman–Crippen LogP) is 1.50. The van der Waals surface area contributed by atoms with Crippen LogP contribution >= 0.6 is 0 Å². The Morgan fingerprint density at radius 2 is 2.25 bits per heavy atom. The fourth-order valence-electron chi connectivity index (χ4n) is 2.35. The summed E-state index contributed by atoms with van der Waals surface area (Å²) in [5.41, 5.74) is 5.00. The van der Waals surface area contributed by atoms with Crippen molar-refractivity contribution < 1.29 is 18.3 Å². The maximum absolute atomic E-state index is 12.9. The van der Waals surface area contributed by atoms with Crippen LogP contribution in [0.3, 0.4) is 0 Å². The third-order valence-corrected chi connectivity index (χ3v) is 3.53. The van der Waals surface area contributed by atoms with Crippen LogP contribution in [0, 0.1) is 5.92 Å². The lowest BCUT2D eigenvalue weighted by molar-refractivity contribution is -0.125. The SMILES string of the molecule is CC1(C(=O)C(N)CC2CCC(F)(F)C2)CO1. The summed E-state index contributed by atoms with van der Waals surface area (Å²) in [4.78, 5) is 11.7. The van der Waals surface area contributed by atoms with Crippen LogP contribution in [0.1, 0.15) is 32.6 Å². The van der Waals surface area contributed by atoms with Gasteiger partial charge in [-0.15, -0.1) is 0 Å². The highest BCUT2D eigenvalue weighted by Gasteiger charge is 2.50. The largest absolute Gasteiger partial charge is 0.362 e. The van der Waals surface area contributed by atoms with Gasteiger partial charge in [-0.05, 0) is 25.7 Å². The number of hydrogen-bond acceptors (Lipinski definition) is 3. The number of ether oxygens (including phenoxy) is 1. The maximum Gasteiger partial charge on any atom is 0.248 e. The molecular formula is C11H17F2NO2. The molecule has 92 valence electrons. The minimum atomic E-state index is -2.56. The third kappa shape index (κ3) is 2.40. The van der Waals surface area contributed by atoms with Crippen LogP contribution in [0.15, 0.2) is 0 Å². The molecule has 2 rings (SSSR count). The quantitative estimate of drug-likeness (QED) is 0.748. The molecule has 1 aliphatic heterocycles. The van der Waals surface area contributed by atoms with E-state index >= 15 is 0 Å². The van der Waals surface area contributed by atoms with Crippen molar-refractivity contribution >= 4 is 5.78 Å². The van der Waals surface area contributed by atoms with E-state index in [0.29, 0.717) is 19.4 Å². The van der Waals surface area contributed by atoms with E-state index in [1.807, 2.05) is 0 Å². The van der Waals surface area contributed by atoms with Crippen molar-refractivity contribution in [2.75, 3.05) is 6.61 Å². The molecule has 0 aromatic heterocycles. The van der Waals surface area contributed by atoms with Gasteiger partial charge in [0, 0.05) is 12.8 Å². The number of hydrogen-bond donors (Lipinski definition) is 1. The summed E-state index contributed by atoms with van der Waals surface area (Å²) in [6, 6.07) is -0.661. The van der Waals surface area contributed by atoms with Gasteiger partial charge in [0.2, 0.25) is 5.92 Å². The molecule has 1 aliphatic carbocycles. The minimum Gasteiger partial charge on any atom is -0.362 e. The number of nitrogens with two attached hydrogens (primary N) is 1. The van der Waals surface area contributed by atoms with Gasteiger partial charge >= 0.3 is 0 Å². The predicted molar refractivity (Wildman–Crippen MR) is 54.2 cm³/mol. The normalized spacial score (nSPS) is 38.4. The Morgan fingerprint density at radius 3 is 2.69 bits per heavy atom. The molecule has 1 heterocycles. The van der Waals surface area contributed by atoms with Crippen molar-refractivity contribution in [1.29, 1.82) is 0 Å². The number of ketones is 1. The molecule has 1 saturated carbocycles.